The van der Waals surface area contributed by atoms with Gasteiger partial charge in [0.1, 0.15) is 5.75 Å². The van der Waals surface area contributed by atoms with Gasteiger partial charge < -0.3 is 14.6 Å². The van der Waals surface area contributed by atoms with Crippen molar-refractivity contribution in [2.24, 2.45) is 5.92 Å². The minimum atomic E-state index is -1.23. The van der Waals surface area contributed by atoms with Crippen LogP contribution in [0.3, 0.4) is 0 Å². The summed E-state index contributed by atoms with van der Waals surface area (Å²) in [5.74, 6) is -0.523. The fraction of sp³-hybridized carbons (Fsp3) is 0.364. The van der Waals surface area contributed by atoms with Gasteiger partial charge in [-0.2, -0.15) is 0 Å². The molecule has 1 aromatic rings. The summed E-state index contributed by atoms with van der Waals surface area (Å²) >= 11 is 3.20. The summed E-state index contributed by atoms with van der Waals surface area (Å²) in [5.41, 5.74) is 0.0741. The van der Waals surface area contributed by atoms with E-state index < -0.39 is 5.97 Å². The van der Waals surface area contributed by atoms with Gasteiger partial charge in [0.15, 0.2) is 0 Å². The van der Waals surface area contributed by atoms with E-state index in [1.54, 1.807) is 12.1 Å². The van der Waals surface area contributed by atoms with Crippen molar-refractivity contribution < 1.29 is 14.6 Å². The number of hydrogen-bond acceptors (Lipinski definition) is 3. The van der Waals surface area contributed by atoms with E-state index in [1.165, 1.54) is 6.07 Å². The van der Waals surface area contributed by atoms with Crippen LogP contribution in [0.2, 0.25) is 0 Å². The van der Waals surface area contributed by atoms with Crippen LogP contribution in [0, 0.1) is 5.92 Å². The van der Waals surface area contributed by atoms with Gasteiger partial charge in [0.25, 0.3) is 0 Å². The Bertz CT molecular complexity index is 361. The average molecular weight is 272 g/mol. The molecule has 0 N–H and O–H groups in total. The second-order valence-electron chi connectivity index (χ2n) is 3.63. The van der Waals surface area contributed by atoms with Crippen LogP contribution >= 0.6 is 15.9 Å². The molecule has 0 saturated heterocycles. The summed E-state index contributed by atoms with van der Waals surface area (Å²) in [6.07, 6.45) is 0. The van der Waals surface area contributed by atoms with Gasteiger partial charge in [0.2, 0.25) is 0 Å². The highest BCUT2D eigenvalue weighted by Crippen LogP contribution is 2.23. The van der Waals surface area contributed by atoms with Gasteiger partial charge >= 0.3 is 0 Å². The Morgan fingerprint density at radius 2 is 2.20 bits per heavy atom. The van der Waals surface area contributed by atoms with Crippen LogP contribution in [0.4, 0.5) is 0 Å². The van der Waals surface area contributed by atoms with E-state index in [0.717, 1.165) is 0 Å². The first-order valence-electron chi connectivity index (χ1n) is 4.64. The molecular formula is C11H12BrO3-. The Kier molecular flexibility index (Phi) is 4.15. The second kappa shape index (κ2) is 5.16. The third-order valence-corrected chi connectivity index (χ3v) is 2.23. The lowest BCUT2D eigenvalue weighted by Gasteiger charge is -2.13. The molecule has 0 aliphatic heterocycles. The molecule has 0 unspecified atom stereocenters. The van der Waals surface area contributed by atoms with Gasteiger partial charge in [-0.3, -0.25) is 0 Å². The summed E-state index contributed by atoms with van der Waals surface area (Å²) in [6.45, 7) is 4.48. The summed E-state index contributed by atoms with van der Waals surface area (Å²) in [5, 5.41) is 10.8. The molecule has 0 amide bonds. The average Bonchev–Trinajstić information content (AvgIpc) is 2.15. The zero-order chi connectivity index (χ0) is 11.4. The Morgan fingerprint density at radius 3 is 2.73 bits per heavy atom. The van der Waals surface area contributed by atoms with E-state index >= 15 is 0 Å². The number of carboxylic acid groups (broad SMARTS) is 1. The topological polar surface area (TPSA) is 49.4 Å². The normalized spacial score (nSPS) is 10.4. The molecule has 0 aliphatic rings. The zero-order valence-corrected chi connectivity index (χ0v) is 10.2. The fourth-order valence-corrected chi connectivity index (χ4v) is 1.41. The van der Waals surface area contributed by atoms with Crippen LogP contribution in [0.1, 0.15) is 24.2 Å². The van der Waals surface area contributed by atoms with Crippen molar-refractivity contribution in [2.45, 2.75) is 13.8 Å². The monoisotopic (exact) mass is 271 g/mol. The predicted octanol–water partition coefficient (Wildman–Crippen LogP) is 1.85. The van der Waals surface area contributed by atoms with E-state index in [9.17, 15) is 9.90 Å². The quantitative estimate of drug-likeness (QED) is 0.840. The maximum Gasteiger partial charge on any atom is 0.128 e. The molecule has 15 heavy (non-hydrogen) atoms. The molecule has 0 spiro atoms. The first-order chi connectivity index (χ1) is 7.00. The highest BCUT2D eigenvalue weighted by Gasteiger charge is 2.06. The van der Waals surface area contributed by atoms with Gasteiger partial charge in [0.05, 0.1) is 12.6 Å². The van der Waals surface area contributed by atoms with Gasteiger partial charge in [-0.25, -0.2) is 0 Å². The molecule has 1 rings (SSSR count). The standard InChI is InChI=1S/C11H13BrO3/c1-7(2)6-15-10-4-3-8(12)5-9(10)11(13)14/h3-5,7H,6H2,1-2H3,(H,13,14)/p-1. The summed E-state index contributed by atoms with van der Waals surface area (Å²) in [7, 11) is 0. The number of halogens is 1. The third-order valence-electron chi connectivity index (χ3n) is 1.73. The number of carbonyl (C=O) groups is 1. The summed E-state index contributed by atoms with van der Waals surface area (Å²) in [4.78, 5) is 10.8. The van der Waals surface area contributed by atoms with Crippen molar-refractivity contribution >= 4 is 21.9 Å². The molecule has 1 aromatic carbocycles. The van der Waals surface area contributed by atoms with E-state index in [4.69, 9.17) is 4.74 Å². The van der Waals surface area contributed by atoms with Gasteiger partial charge in [-0.15, -0.1) is 0 Å². The highest BCUT2D eigenvalue weighted by atomic mass is 79.9. The van der Waals surface area contributed by atoms with Crippen molar-refractivity contribution in [1.29, 1.82) is 0 Å². The van der Waals surface area contributed by atoms with E-state index in [-0.39, 0.29) is 5.56 Å². The number of hydrogen-bond donors (Lipinski definition) is 0. The van der Waals surface area contributed by atoms with Crippen LogP contribution in [0.5, 0.6) is 5.75 Å². The molecule has 4 heteroatoms. The predicted molar refractivity (Wildman–Crippen MR) is 58.8 cm³/mol. The Balaban J connectivity index is 2.91. The number of carboxylic acids is 1. The molecule has 0 radical (unpaired) electrons. The smallest absolute Gasteiger partial charge is 0.128 e. The van der Waals surface area contributed by atoms with Crippen molar-refractivity contribution in [3.05, 3.63) is 28.2 Å². The van der Waals surface area contributed by atoms with Crippen molar-refractivity contribution in [2.75, 3.05) is 6.61 Å². The maximum atomic E-state index is 10.8. The minimum Gasteiger partial charge on any atom is -0.545 e. The molecule has 0 fully saturated rings. The third kappa shape index (κ3) is 3.55. The SMILES string of the molecule is CC(C)COc1ccc(Br)cc1C(=O)[O-]. The van der Waals surface area contributed by atoms with Crippen LogP contribution in [0.15, 0.2) is 22.7 Å². The van der Waals surface area contributed by atoms with Gasteiger partial charge in [0, 0.05) is 10.0 Å². The number of aromatic carboxylic acids is 1. The van der Waals surface area contributed by atoms with Crippen LogP contribution in [-0.2, 0) is 0 Å². The van der Waals surface area contributed by atoms with Gasteiger partial charge in [-0.1, -0.05) is 29.8 Å². The number of ether oxygens (including phenoxy) is 1. The number of rotatable bonds is 4. The van der Waals surface area contributed by atoms with E-state index in [1.807, 2.05) is 13.8 Å². The highest BCUT2D eigenvalue weighted by molar-refractivity contribution is 9.10. The molecule has 3 nitrogen and oxygen atoms in total. The summed E-state index contributed by atoms with van der Waals surface area (Å²) < 4.78 is 6.07. The second-order valence-corrected chi connectivity index (χ2v) is 4.55. The number of carbonyl (C=O) groups excluding carboxylic acids is 1. The van der Waals surface area contributed by atoms with Crippen molar-refractivity contribution in [3.8, 4) is 5.75 Å². The molecule has 82 valence electrons. The fourth-order valence-electron chi connectivity index (χ4n) is 1.04. The van der Waals surface area contributed by atoms with Crippen LogP contribution in [0.25, 0.3) is 0 Å². The van der Waals surface area contributed by atoms with Crippen LogP contribution in [-0.4, -0.2) is 12.6 Å². The number of benzene rings is 1. The lowest BCUT2D eigenvalue weighted by molar-refractivity contribution is -0.255. The van der Waals surface area contributed by atoms with Crippen LogP contribution < -0.4 is 9.84 Å². The molecule has 0 aromatic heterocycles. The first kappa shape index (κ1) is 12.0. The first-order valence-corrected chi connectivity index (χ1v) is 5.43. The summed E-state index contributed by atoms with van der Waals surface area (Å²) in [6, 6.07) is 4.84. The Labute approximate surface area is 97.2 Å². The molecule has 0 saturated carbocycles. The van der Waals surface area contributed by atoms with Crippen molar-refractivity contribution in [3.63, 3.8) is 0 Å². The molecule has 0 bridgehead atoms. The molecule has 0 aliphatic carbocycles. The largest absolute Gasteiger partial charge is 0.545 e. The van der Waals surface area contributed by atoms with Crippen molar-refractivity contribution in [1.82, 2.24) is 0 Å². The van der Waals surface area contributed by atoms with E-state index in [2.05, 4.69) is 15.9 Å². The Morgan fingerprint density at radius 1 is 1.53 bits per heavy atom. The molecule has 0 heterocycles. The minimum absolute atomic E-state index is 0.0741. The Hall–Kier alpha value is -1.03. The van der Waals surface area contributed by atoms with Gasteiger partial charge in [-0.05, 0) is 24.1 Å². The van der Waals surface area contributed by atoms with E-state index in [0.29, 0.717) is 22.7 Å². The molecule has 0 atom stereocenters. The zero-order valence-electron chi connectivity index (χ0n) is 8.62. The lowest BCUT2D eigenvalue weighted by atomic mass is 10.2. The maximum absolute atomic E-state index is 10.8. The molecular weight excluding hydrogens is 260 g/mol. The lowest BCUT2D eigenvalue weighted by Crippen LogP contribution is -2.23.